The topological polar surface area (TPSA) is 99.5 Å². The van der Waals surface area contributed by atoms with Gasteiger partial charge in [0.2, 0.25) is 0 Å². The van der Waals surface area contributed by atoms with Gasteiger partial charge < -0.3 is 15.0 Å². The fourth-order valence-corrected chi connectivity index (χ4v) is 3.16. The molecule has 0 bridgehead atoms. The molecule has 0 radical (unpaired) electrons. The van der Waals surface area contributed by atoms with Crippen LogP contribution in [0.25, 0.3) is 6.08 Å². The first-order chi connectivity index (χ1) is 15.0. The number of carbonyl (C=O) groups is 3. The second kappa shape index (κ2) is 10.2. The molecule has 158 valence electrons. The van der Waals surface area contributed by atoms with E-state index in [0.29, 0.717) is 24.3 Å². The predicted octanol–water partition coefficient (Wildman–Crippen LogP) is 3.32. The number of carbonyl (C=O) groups excluding carboxylic acids is 3. The Morgan fingerprint density at radius 2 is 1.71 bits per heavy atom. The van der Waals surface area contributed by atoms with Crippen LogP contribution in [0.15, 0.2) is 54.1 Å². The minimum atomic E-state index is -0.636. The van der Waals surface area contributed by atoms with E-state index in [9.17, 15) is 19.6 Å². The molecule has 7 nitrogen and oxygen atoms in total. The minimum Gasteiger partial charge on any atom is -0.452 e. The van der Waals surface area contributed by atoms with E-state index in [0.717, 1.165) is 18.4 Å². The van der Waals surface area contributed by atoms with Crippen LogP contribution in [0.1, 0.15) is 34.3 Å². The number of likely N-dealkylation sites (tertiary alicyclic amines) is 1. The summed E-state index contributed by atoms with van der Waals surface area (Å²) in [6.45, 7) is 2.87. The van der Waals surface area contributed by atoms with Crippen LogP contribution < -0.4 is 5.32 Å². The van der Waals surface area contributed by atoms with Crippen molar-refractivity contribution in [2.24, 2.45) is 0 Å². The van der Waals surface area contributed by atoms with Crippen LogP contribution in [-0.4, -0.2) is 42.4 Å². The number of ether oxygens (including phenoxy) is 1. The van der Waals surface area contributed by atoms with E-state index in [2.05, 4.69) is 5.32 Å². The first kappa shape index (κ1) is 21.8. The van der Waals surface area contributed by atoms with Gasteiger partial charge in [-0.25, -0.2) is 4.79 Å². The number of benzene rings is 2. The molecule has 1 aliphatic rings. The Hall–Kier alpha value is -3.92. The Morgan fingerprint density at radius 3 is 2.32 bits per heavy atom. The number of nitrogens with zero attached hydrogens (tertiary/aromatic N) is 2. The standard InChI is InChI=1S/C24H23N3O4/c1-17-4-10-21(11-5-17)26-22(28)16-31-24(30)19-8-6-18(7-9-19)14-20(15-25)23(29)27-12-2-3-13-27/h4-11,14H,2-3,12-13,16H2,1H3,(H,26,28)/b20-14+. The summed E-state index contributed by atoms with van der Waals surface area (Å²) in [6.07, 6.45) is 3.40. The molecule has 1 fully saturated rings. The number of esters is 1. The summed E-state index contributed by atoms with van der Waals surface area (Å²) in [5.41, 5.74) is 2.65. The SMILES string of the molecule is Cc1ccc(NC(=O)COC(=O)c2ccc(/C=C(\C#N)C(=O)N3CCCC3)cc2)cc1. The normalized spacial score (nSPS) is 13.4. The van der Waals surface area contributed by atoms with Gasteiger partial charge >= 0.3 is 5.97 Å². The highest BCUT2D eigenvalue weighted by atomic mass is 16.5. The van der Waals surface area contributed by atoms with Gasteiger partial charge in [-0.2, -0.15) is 5.26 Å². The van der Waals surface area contributed by atoms with Crippen molar-refractivity contribution in [2.75, 3.05) is 25.0 Å². The van der Waals surface area contributed by atoms with E-state index in [1.807, 2.05) is 25.1 Å². The Labute approximate surface area is 180 Å². The Bertz CT molecular complexity index is 1030. The molecule has 31 heavy (non-hydrogen) atoms. The average Bonchev–Trinajstić information content (AvgIpc) is 3.32. The van der Waals surface area contributed by atoms with Gasteiger partial charge in [0.25, 0.3) is 11.8 Å². The highest BCUT2D eigenvalue weighted by molar-refractivity contribution is 6.02. The maximum absolute atomic E-state index is 12.4. The zero-order chi connectivity index (χ0) is 22.2. The third kappa shape index (κ3) is 6.03. The van der Waals surface area contributed by atoms with Crippen LogP contribution in [0.4, 0.5) is 5.69 Å². The summed E-state index contributed by atoms with van der Waals surface area (Å²) < 4.78 is 5.05. The molecule has 0 atom stereocenters. The summed E-state index contributed by atoms with van der Waals surface area (Å²) >= 11 is 0. The van der Waals surface area contributed by atoms with E-state index >= 15 is 0 Å². The highest BCUT2D eigenvalue weighted by Gasteiger charge is 2.21. The van der Waals surface area contributed by atoms with Gasteiger partial charge in [-0.15, -0.1) is 0 Å². The van der Waals surface area contributed by atoms with Gasteiger partial charge in [0.05, 0.1) is 5.56 Å². The van der Waals surface area contributed by atoms with Crippen molar-refractivity contribution in [3.8, 4) is 6.07 Å². The molecule has 0 spiro atoms. The monoisotopic (exact) mass is 417 g/mol. The Kier molecular flexibility index (Phi) is 7.17. The fourth-order valence-electron chi connectivity index (χ4n) is 3.16. The van der Waals surface area contributed by atoms with Crippen LogP contribution in [0.3, 0.4) is 0 Å². The minimum absolute atomic E-state index is 0.0602. The third-order valence-corrected chi connectivity index (χ3v) is 4.87. The van der Waals surface area contributed by atoms with Crippen molar-refractivity contribution in [3.63, 3.8) is 0 Å². The smallest absolute Gasteiger partial charge is 0.338 e. The van der Waals surface area contributed by atoms with Gasteiger partial charge in [-0.3, -0.25) is 9.59 Å². The molecule has 2 aromatic carbocycles. The molecule has 0 aliphatic carbocycles. The van der Waals surface area contributed by atoms with Crippen LogP contribution in [0, 0.1) is 18.3 Å². The molecule has 2 aromatic rings. The van der Waals surface area contributed by atoms with E-state index in [-0.39, 0.29) is 17.0 Å². The lowest BCUT2D eigenvalue weighted by molar-refractivity contribution is -0.125. The van der Waals surface area contributed by atoms with Crippen LogP contribution in [-0.2, 0) is 14.3 Å². The number of aryl methyl sites for hydroxylation is 1. The van der Waals surface area contributed by atoms with Crippen molar-refractivity contribution in [1.29, 1.82) is 5.26 Å². The van der Waals surface area contributed by atoms with Gasteiger partial charge in [0.15, 0.2) is 6.61 Å². The summed E-state index contributed by atoms with van der Waals surface area (Å²) in [5.74, 6) is -1.35. The largest absolute Gasteiger partial charge is 0.452 e. The van der Waals surface area contributed by atoms with Gasteiger partial charge in [0, 0.05) is 18.8 Å². The molecule has 0 saturated carbocycles. The Morgan fingerprint density at radius 1 is 1.06 bits per heavy atom. The van der Waals surface area contributed by atoms with E-state index in [1.54, 1.807) is 29.2 Å². The van der Waals surface area contributed by atoms with Crippen LogP contribution in [0.2, 0.25) is 0 Å². The van der Waals surface area contributed by atoms with Crippen molar-refractivity contribution < 1.29 is 19.1 Å². The van der Waals surface area contributed by atoms with Crippen molar-refractivity contribution in [3.05, 3.63) is 70.8 Å². The van der Waals surface area contributed by atoms with Crippen LogP contribution in [0.5, 0.6) is 0 Å². The summed E-state index contributed by atoms with van der Waals surface area (Å²) in [5, 5.41) is 12.0. The quantitative estimate of drug-likeness (QED) is 0.442. The zero-order valence-electron chi connectivity index (χ0n) is 17.3. The first-order valence-electron chi connectivity index (χ1n) is 10.0. The Balaban J connectivity index is 1.55. The van der Waals surface area contributed by atoms with E-state index in [4.69, 9.17) is 4.74 Å². The van der Waals surface area contributed by atoms with Gasteiger partial charge in [-0.05, 0) is 55.7 Å². The summed E-state index contributed by atoms with van der Waals surface area (Å²) in [4.78, 5) is 38.2. The van der Waals surface area contributed by atoms with E-state index < -0.39 is 18.5 Å². The summed E-state index contributed by atoms with van der Waals surface area (Å²) in [7, 11) is 0. The van der Waals surface area contributed by atoms with Gasteiger partial charge in [0.1, 0.15) is 11.6 Å². The maximum atomic E-state index is 12.4. The zero-order valence-corrected chi connectivity index (χ0v) is 17.3. The highest BCUT2D eigenvalue weighted by Crippen LogP contribution is 2.15. The second-order valence-corrected chi connectivity index (χ2v) is 7.28. The molecule has 0 aromatic heterocycles. The molecule has 1 saturated heterocycles. The number of anilines is 1. The molecule has 2 amide bonds. The van der Waals surface area contributed by atoms with Crippen molar-refractivity contribution in [2.45, 2.75) is 19.8 Å². The maximum Gasteiger partial charge on any atom is 0.338 e. The van der Waals surface area contributed by atoms with E-state index in [1.165, 1.54) is 18.2 Å². The third-order valence-electron chi connectivity index (χ3n) is 4.87. The first-order valence-corrected chi connectivity index (χ1v) is 10.0. The summed E-state index contributed by atoms with van der Waals surface area (Å²) in [6, 6.07) is 15.5. The lowest BCUT2D eigenvalue weighted by atomic mass is 10.1. The number of nitrogens with one attached hydrogen (secondary N) is 1. The number of nitriles is 1. The fraction of sp³-hybridized carbons (Fsp3) is 0.250. The van der Waals surface area contributed by atoms with Crippen molar-refractivity contribution >= 4 is 29.5 Å². The molecule has 0 unspecified atom stereocenters. The lowest BCUT2D eigenvalue weighted by Crippen LogP contribution is -2.28. The second-order valence-electron chi connectivity index (χ2n) is 7.28. The molecule has 1 aliphatic heterocycles. The van der Waals surface area contributed by atoms with Crippen LogP contribution >= 0.6 is 0 Å². The predicted molar refractivity (Wildman–Crippen MR) is 116 cm³/mol. The number of hydrogen-bond donors (Lipinski definition) is 1. The lowest BCUT2D eigenvalue weighted by Gasteiger charge is -2.14. The van der Waals surface area contributed by atoms with Gasteiger partial charge in [-0.1, -0.05) is 29.8 Å². The number of hydrogen-bond acceptors (Lipinski definition) is 5. The average molecular weight is 417 g/mol. The molecular formula is C24H23N3O4. The number of rotatable bonds is 6. The molecular weight excluding hydrogens is 394 g/mol. The molecule has 3 rings (SSSR count). The number of amides is 2. The molecule has 1 N–H and O–H groups in total. The van der Waals surface area contributed by atoms with Crippen molar-refractivity contribution in [1.82, 2.24) is 4.90 Å². The molecule has 7 heteroatoms. The molecule has 1 heterocycles.